The Morgan fingerprint density at radius 2 is 2.00 bits per heavy atom. The van der Waals surface area contributed by atoms with E-state index in [-0.39, 0.29) is 5.88 Å². The summed E-state index contributed by atoms with van der Waals surface area (Å²) in [5.74, 6) is 0.564. The van der Waals surface area contributed by atoms with Gasteiger partial charge in [0.1, 0.15) is 6.07 Å². The molecule has 0 spiro atoms. The molecule has 2 rings (SSSR count). The number of ether oxygens (including phenoxy) is 1. The number of rotatable bonds is 0. The first-order chi connectivity index (χ1) is 7.13. The summed E-state index contributed by atoms with van der Waals surface area (Å²) in [6, 6.07) is 5.46. The third-order valence-electron chi connectivity index (χ3n) is 2.32. The maximum absolute atomic E-state index is 8.79. The van der Waals surface area contributed by atoms with Crippen molar-refractivity contribution >= 4 is 11.4 Å². The summed E-state index contributed by atoms with van der Waals surface area (Å²) in [7, 11) is 0. The zero-order chi connectivity index (χ0) is 11.0. The van der Waals surface area contributed by atoms with E-state index in [4.69, 9.17) is 27.2 Å². The minimum atomic E-state index is 0.0994. The number of allylic oxidation sites excluding steroid dienone is 1. The van der Waals surface area contributed by atoms with Crippen LogP contribution in [0.3, 0.4) is 0 Å². The monoisotopic (exact) mass is 202 g/mol. The molecule has 5 heteroatoms. The van der Waals surface area contributed by atoms with Crippen molar-refractivity contribution in [3.63, 3.8) is 0 Å². The number of nitriles is 1. The van der Waals surface area contributed by atoms with Crippen molar-refractivity contribution in [2.24, 2.45) is 5.73 Å². The van der Waals surface area contributed by atoms with Crippen LogP contribution in [0.4, 0.5) is 11.4 Å². The van der Waals surface area contributed by atoms with Gasteiger partial charge in [0.15, 0.2) is 5.75 Å². The Kier molecular flexibility index (Phi) is 1.90. The quantitative estimate of drug-likeness (QED) is 0.530. The third-order valence-corrected chi connectivity index (χ3v) is 2.32. The number of anilines is 2. The van der Waals surface area contributed by atoms with Crippen LogP contribution >= 0.6 is 0 Å². The van der Waals surface area contributed by atoms with Crippen LogP contribution in [-0.4, -0.2) is 0 Å². The van der Waals surface area contributed by atoms with Gasteiger partial charge in [-0.2, -0.15) is 5.26 Å². The van der Waals surface area contributed by atoms with Gasteiger partial charge in [0, 0.05) is 12.0 Å². The molecule has 0 bridgehead atoms. The maximum atomic E-state index is 8.79. The zero-order valence-corrected chi connectivity index (χ0v) is 7.95. The van der Waals surface area contributed by atoms with E-state index in [1.807, 2.05) is 6.07 Å². The SMILES string of the molecule is N#CC1=C(N)Oc2c(ccc(N)c2N)C1. The highest BCUT2D eigenvalue weighted by molar-refractivity contribution is 5.74. The normalized spacial score (nSPS) is 14.1. The van der Waals surface area contributed by atoms with Crippen molar-refractivity contribution in [3.8, 4) is 11.8 Å². The van der Waals surface area contributed by atoms with Gasteiger partial charge in [-0.1, -0.05) is 6.07 Å². The molecule has 0 saturated heterocycles. The molecule has 1 aliphatic heterocycles. The number of hydrogen-bond acceptors (Lipinski definition) is 5. The standard InChI is InChI=1S/C10H10N4O/c11-4-6-3-5-1-2-7(12)8(13)9(5)15-10(6)14/h1-2H,3,12-14H2. The number of benzene rings is 1. The van der Waals surface area contributed by atoms with Gasteiger partial charge >= 0.3 is 0 Å². The molecule has 0 aromatic heterocycles. The molecule has 1 aromatic rings. The van der Waals surface area contributed by atoms with Crippen LogP contribution in [-0.2, 0) is 6.42 Å². The number of hydrogen-bond donors (Lipinski definition) is 3. The number of nitrogen functional groups attached to an aromatic ring is 2. The molecule has 1 aromatic carbocycles. The van der Waals surface area contributed by atoms with E-state index in [1.54, 1.807) is 12.1 Å². The molecule has 15 heavy (non-hydrogen) atoms. The first-order valence-electron chi connectivity index (χ1n) is 4.37. The Bertz CT molecular complexity index is 499. The van der Waals surface area contributed by atoms with Crippen LogP contribution in [0.2, 0.25) is 0 Å². The fourth-order valence-corrected chi connectivity index (χ4v) is 1.46. The summed E-state index contributed by atoms with van der Waals surface area (Å²) in [5.41, 5.74) is 19.0. The molecule has 0 amide bonds. The van der Waals surface area contributed by atoms with Gasteiger partial charge < -0.3 is 21.9 Å². The Morgan fingerprint density at radius 3 is 2.67 bits per heavy atom. The highest BCUT2D eigenvalue weighted by atomic mass is 16.5. The van der Waals surface area contributed by atoms with E-state index in [0.717, 1.165) is 5.56 Å². The van der Waals surface area contributed by atoms with Crippen LogP contribution in [0.25, 0.3) is 0 Å². The summed E-state index contributed by atoms with van der Waals surface area (Å²) in [4.78, 5) is 0. The molecule has 1 aliphatic rings. The molecule has 5 nitrogen and oxygen atoms in total. The lowest BCUT2D eigenvalue weighted by Crippen LogP contribution is -2.17. The van der Waals surface area contributed by atoms with E-state index in [0.29, 0.717) is 29.1 Å². The minimum absolute atomic E-state index is 0.0994. The van der Waals surface area contributed by atoms with Crippen molar-refractivity contribution in [2.45, 2.75) is 6.42 Å². The Balaban J connectivity index is 2.54. The van der Waals surface area contributed by atoms with Crippen LogP contribution in [0.15, 0.2) is 23.6 Å². The average Bonchev–Trinajstić information content (AvgIpc) is 2.24. The number of nitrogens with zero attached hydrogens (tertiary/aromatic N) is 1. The van der Waals surface area contributed by atoms with Crippen molar-refractivity contribution in [1.29, 1.82) is 5.26 Å². The predicted molar refractivity (Wildman–Crippen MR) is 56.4 cm³/mol. The molecule has 0 aliphatic carbocycles. The lowest BCUT2D eigenvalue weighted by Gasteiger charge is -2.19. The van der Waals surface area contributed by atoms with Crippen LogP contribution in [0, 0.1) is 11.3 Å². The van der Waals surface area contributed by atoms with Crippen molar-refractivity contribution in [2.75, 3.05) is 11.5 Å². The molecule has 6 N–H and O–H groups in total. The first kappa shape index (κ1) is 9.21. The smallest absolute Gasteiger partial charge is 0.205 e. The Hall–Kier alpha value is -2.35. The predicted octanol–water partition coefficient (Wildman–Crippen LogP) is 0.480. The fraction of sp³-hybridized carbons (Fsp3) is 0.100. The van der Waals surface area contributed by atoms with Crippen molar-refractivity contribution < 1.29 is 4.74 Å². The van der Waals surface area contributed by atoms with Gasteiger partial charge in [-0.25, -0.2) is 0 Å². The zero-order valence-electron chi connectivity index (χ0n) is 7.95. The van der Waals surface area contributed by atoms with Gasteiger partial charge in [-0.05, 0) is 6.07 Å². The second-order valence-corrected chi connectivity index (χ2v) is 3.29. The lowest BCUT2D eigenvalue weighted by molar-refractivity contribution is 0.401. The molecule has 0 atom stereocenters. The summed E-state index contributed by atoms with van der Waals surface area (Å²) < 4.78 is 5.28. The maximum Gasteiger partial charge on any atom is 0.205 e. The Morgan fingerprint density at radius 1 is 1.27 bits per heavy atom. The molecular weight excluding hydrogens is 192 g/mol. The Labute approximate surface area is 86.7 Å². The summed E-state index contributed by atoms with van der Waals surface area (Å²) in [6.45, 7) is 0. The van der Waals surface area contributed by atoms with Crippen LogP contribution < -0.4 is 21.9 Å². The summed E-state index contributed by atoms with van der Waals surface area (Å²) in [5, 5.41) is 8.79. The van der Waals surface area contributed by atoms with Crippen LogP contribution in [0.1, 0.15) is 5.56 Å². The second-order valence-electron chi connectivity index (χ2n) is 3.29. The summed E-state index contributed by atoms with van der Waals surface area (Å²) in [6.07, 6.45) is 0.433. The van der Waals surface area contributed by atoms with E-state index in [2.05, 4.69) is 0 Å². The van der Waals surface area contributed by atoms with Gasteiger partial charge in [-0.3, -0.25) is 0 Å². The van der Waals surface area contributed by atoms with E-state index >= 15 is 0 Å². The first-order valence-corrected chi connectivity index (χ1v) is 4.37. The van der Waals surface area contributed by atoms with Crippen LogP contribution in [0.5, 0.6) is 5.75 Å². The highest BCUT2D eigenvalue weighted by Crippen LogP contribution is 2.36. The van der Waals surface area contributed by atoms with E-state index < -0.39 is 0 Å². The number of fused-ring (bicyclic) bond motifs is 1. The largest absolute Gasteiger partial charge is 0.438 e. The number of nitrogens with two attached hydrogens (primary N) is 3. The summed E-state index contributed by atoms with van der Waals surface area (Å²) >= 11 is 0. The van der Waals surface area contributed by atoms with Gasteiger partial charge in [-0.15, -0.1) is 0 Å². The third kappa shape index (κ3) is 1.32. The van der Waals surface area contributed by atoms with E-state index in [9.17, 15) is 0 Å². The molecule has 1 heterocycles. The fourth-order valence-electron chi connectivity index (χ4n) is 1.46. The molecule has 0 fully saturated rings. The molecule has 76 valence electrons. The van der Waals surface area contributed by atoms with Gasteiger partial charge in [0.25, 0.3) is 0 Å². The molecule has 0 saturated carbocycles. The topological polar surface area (TPSA) is 111 Å². The van der Waals surface area contributed by atoms with Gasteiger partial charge in [0.05, 0.1) is 16.9 Å². The minimum Gasteiger partial charge on any atom is -0.438 e. The van der Waals surface area contributed by atoms with Crippen molar-refractivity contribution in [3.05, 3.63) is 29.2 Å². The average molecular weight is 202 g/mol. The lowest BCUT2D eigenvalue weighted by atomic mass is 10.0. The second kappa shape index (κ2) is 3.10. The highest BCUT2D eigenvalue weighted by Gasteiger charge is 2.20. The molecule has 0 radical (unpaired) electrons. The van der Waals surface area contributed by atoms with Gasteiger partial charge in [0.2, 0.25) is 5.88 Å². The molecule has 0 unspecified atom stereocenters. The van der Waals surface area contributed by atoms with Crippen molar-refractivity contribution in [1.82, 2.24) is 0 Å². The van der Waals surface area contributed by atoms with E-state index in [1.165, 1.54) is 0 Å². The molecular formula is C10H10N4O.